The monoisotopic (exact) mass is 527 g/mol. The summed E-state index contributed by atoms with van der Waals surface area (Å²) in [4.78, 5) is 32.4. The maximum atomic E-state index is 13.6. The first-order valence-electron chi connectivity index (χ1n) is 12.3. The Balaban J connectivity index is 0.00000380. The van der Waals surface area contributed by atoms with Crippen molar-refractivity contribution in [2.24, 2.45) is 0 Å². The molecule has 2 fully saturated rings. The highest BCUT2D eigenvalue weighted by atomic mass is 32.1. The first kappa shape index (κ1) is 28.6. The summed E-state index contributed by atoms with van der Waals surface area (Å²) in [5.41, 5.74) is 1.56. The van der Waals surface area contributed by atoms with Gasteiger partial charge in [-0.2, -0.15) is 0 Å². The number of morpholine rings is 1. The second-order valence-corrected chi connectivity index (χ2v) is 9.18. The van der Waals surface area contributed by atoms with E-state index in [2.05, 4.69) is 4.90 Å². The first-order valence-corrected chi connectivity index (χ1v) is 12.7. The lowest BCUT2D eigenvalue weighted by molar-refractivity contribution is -0.125. The molecule has 2 saturated heterocycles. The third-order valence-electron chi connectivity index (χ3n) is 6.47. The van der Waals surface area contributed by atoms with Gasteiger partial charge in [-0.1, -0.05) is 19.6 Å². The lowest BCUT2D eigenvalue weighted by Crippen LogP contribution is -2.45. The minimum Gasteiger partial charge on any atom is -0.497 e. The molecule has 2 aromatic carbocycles. The maximum Gasteiger partial charge on any atom is 0.256 e. The molecule has 0 spiro atoms. The van der Waals surface area contributed by atoms with E-state index in [1.54, 1.807) is 24.1 Å². The molecule has 8 nitrogen and oxygen atoms in total. The summed E-state index contributed by atoms with van der Waals surface area (Å²) >= 11 is 5.78. The van der Waals surface area contributed by atoms with Crippen LogP contribution in [0.15, 0.2) is 48.5 Å². The zero-order chi connectivity index (χ0) is 25.5. The fourth-order valence-electron chi connectivity index (χ4n) is 4.52. The quantitative estimate of drug-likeness (QED) is 0.411. The van der Waals surface area contributed by atoms with Crippen molar-refractivity contribution < 1.29 is 23.8 Å². The topological polar surface area (TPSA) is 71.6 Å². The molecule has 0 radical (unpaired) electrons. The molecule has 0 aliphatic carbocycles. The summed E-state index contributed by atoms with van der Waals surface area (Å²) in [6, 6.07) is 14.1. The van der Waals surface area contributed by atoms with Gasteiger partial charge < -0.3 is 19.1 Å². The molecule has 0 bridgehead atoms. The second kappa shape index (κ2) is 13.5. The molecule has 2 aliphatic rings. The van der Waals surface area contributed by atoms with Crippen LogP contribution in [0, 0.1) is 0 Å². The summed E-state index contributed by atoms with van der Waals surface area (Å²) < 4.78 is 16.2. The minimum atomic E-state index is -0.629. The lowest BCUT2D eigenvalue weighted by Gasteiger charge is -2.30. The van der Waals surface area contributed by atoms with Crippen LogP contribution in [0.25, 0.3) is 0 Å². The number of hydrogen-bond donors (Lipinski definition) is 0. The zero-order valence-electron chi connectivity index (χ0n) is 20.9. The standard InChI is InChI=1S/C27H33N3O5S.CH4/c1-3-35-24-8-4-20(5-9-24)18-22(31)19-25-26(32)30(21-6-10-23(33-2)11-7-21)27(36)29(25)13-12-28-14-16-34-17-15-28;/h4-11,25H,3,12-19H2,1-2H3;1H4. The first-order chi connectivity index (χ1) is 17.5. The van der Waals surface area contributed by atoms with Crippen LogP contribution in [0.2, 0.25) is 0 Å². The Morgan fingerprint density at radius 1 is 1.03 bits per heavy atom. The zero-order valence-corrected chi connectivity index (χ0v) is 21.7. The Morgan fingerprint density at radius 3 is 2.30 bits per heavy atom. The van der Waals surface area contributed by atoms with Gasteiger partial charge in [0, 0.05) is 39.0 Å². The SMILES string of the molecule is C.CCOc1ccc(CC(=O)CC2C(=O)N(c3ccc(OC)cc3)C(=S)N2CCN2CCOCC2)cc1. The third-order valence-corrected chi connectivity index (χ3v) is 6.88. The number of Topliss-reactive ketones (excluding diaryl/α,β-unsaturated/α-hetero) is 1. The highest BCUT2D eigenvalue weighted by molar-refractivity contribution is 7.80. The van der Waals surface area contributed by atoms with Gasteiger partial charge in [0.05, 0.1) is 32.6 Å². The fourth-order valence-corrected chi connectivity index (χ4v) is 4.93. The number of carbonyl (C=O) groups excluding carboxylic acids is 2. The van der Waals surface area contributed by atoms with Crippen molar-refractivity contribution in [3.63, 3.8) is 0 Å². The smallest absolute Gasteiger partial charge is 0.256 e. The van der Waals surface area contributed by atoms with E-state index in [4.69, 9.17) is 26.4 Å². The summed E-state index contributed by atoms with van der Waals surface area (Å²) in [5, 5.41) is 0.428. The number of amides is 1. The van der Waals surface area contributed by atoms with E-state index in [0.29, 0.717) is 42.9 Å². The lowest BCUT2D eigenvalue weighted by atomic mass is 10.0. The number of benzene rings is 2. The minimum absolute atomic E-state index is 0. The predicted molar refractivity (Wildman–Crippen MR) is 149 cm³/mol. The summed E-state index contributed by atoms with van der Waals surface area (Å²) in [6.45, 7) is 6.93. The van der Waals surface area contributed by atoms with Crippen LogP contribution in [0.5, 0.6) is 11.5 Å². The Morgan fingerprint density at radius 2 is 1.68 bits per heavy atom. The third kappa shape index (κ3) is 7.06. The van der Waals surface area contributed by atoms with E-state index in [-0.39, 0.29) is 32.0 Å². The predicted octanol–water partition coefficient (Wildman–Crippen LogP) is 3.57. The van der Waals surface area contributed by atoms with Crippen LogP contribution in [0.4, 0.5) is 5.69 Å². The Labute approximate surface area is 225 Å². The largest absolute Gasteiger partial charge is 0.497 e. The molecule has 1 atom stereocenters. The van der Waals surface area contributed by atoms with Gasteiger partial charge in [-0.3, -0.25) is 19.4 Å². The van der Waals surface area contributed by atoms with Crippen molar-refractivity contribution in [2.75, 3.05) is 58.0 Å². The van der Waals surface area contributed by atoms with Crippen molar-refractivity contribution in [1.29, 1.82) is 0 Å². The highest BCUT2D eigenvalue weighted by Gasteiger charge is 2.44. The van der Waals surface area contributed by atoms with Gasteiger partial charge in [0.25, 0.3) is 5.91 Å². The van der Waals surface area contributed by atoms with Gasteiger partial charge in [0.15, 0.2) is 5.11 Å². The van der Waals surface area contributed by atoms with Gasteiger partial charge in [-0.05, 0) is 61.1 Å². The molecule has 2 heterocycles. The molecule has 0 N–H and O–H groups in total. The number of thiocarbonyl (C=S) groups is 1. The molecule has 9 heteroatoms. The summed E-state index contributed by atoms with van der Waals surface area (Å²) in [6.07, 6.45) is 0.352. The van der Waals surface area contributed by atoms with Crippen LogP contribution in [-0.2, 0) is 20.7 Å². The second-order valence-electron chi connectivity index (χ2n) is 8.81. The van der Waals surface area contributed by atoms with Gasteiger partial charge >= 0.3 is 0 Å². The molecule has 0 saturated carbocycles. The molecule has 2 aromatic rings. The Kier molecular flexibility index (Phi) is 10.4. The van der Waals surface area contributed by atoms with Crippen molar-refractivity contribution in [3.05, 3.63) is 54.1 Å². The molecular formula is C28H37N3O5S. The number of carbonyl (C=O) groups is 2. The van der Waals surface area contributed by atoms with Crippen LogP contribution >= 0.6 is 12.2 Å². The van der Waals surface area contributed by atoms with Gasteiger partial charge in [-0.25, -0.2) is 0 Å². The molecule has 1 amide bonds. The van der Waals surface area contributed by atoms with E-state index >= 15 is 0 Å². The van der Waals surface area contributed by atoms with Crippen LogP contribution in [-0.4, -0.2) is 85.8 Å². The molecular weight excluding hydrogens is 490 g/mol. The molecule has 2 aliphatic heterocycles. The van der Waals surface area contributed by atoms with Gasteiger partial charge in [-0.15, -0.1) is 0 Å². The number of anilines is 1. The number of rotatable bonds is 11. The Hall–Kier alpha value is -3.01. The number of ether oxygens (including phenoxy) is 3. The molecule has 1 unspecified atom stereocenters. The molecule has 4 rings (SSSR count). The van der Waals surface area contributed by atoms with Gasteiger partial charge in [0.2, 0.25) is 0 Å². The number of hydrogen-bond acceptors (Lipinski definition) is 7. The fraction of sp³-hybridized carbons (Fsp3) is 0.464. The molecule has 37 heavy (non-hydrogen) atoms. The average Bonchev–Trinajstić information content (AvgIpc) is 3.13. The number of methoxy groups -OCH3 is 1. The molecule has 200 valence electrons. The highest BCUT2D eigenvalue weighted by Crippen LogP contribution is 2.29. The number of ketones is 1. The van der Waals surface area contributed by atoms with Crippen molar-refractivity contribution in [1.82, 2.24) is 9.80 Å². The van der Waals surface area contributed by atoms with Crippen LogP contribution < -0.4 is 14.4 Å². The van der Waals surface area contributed by atoms with E-state index in [9.17, 15) is 9.59 Å². The van der Waals surface area contributed by atoms with E-state index < -0.39 is 6.04 Å². The summed E-state index contributed by atoms with van der Waals surface area (Å²) in [5.74, 6) is 1.29. The molecule has 0 aromatic heterocycles. The normalized spacial score (nSPS) is 18.1. The van der Waals surface area contributed by atoms with Crippen molar-refractivity contribution in [3.8, 4) is 11.5 Å². The number of nitrogens with zero attached hydrogens (tertiary/aromatic N) is 3. The van der Waals surface area contributed by atoms with Crippen LogP contribution in [0.3, 0.4) is 0 Å². The average molecular weight is 528 g/mol. The van der Waals surface area contributed by atoms with E-state index in [1.165, 1.54) is 0 Å². The van der Waals surface area contributed by atoms with Crippen LogP contribution in [0.1, 0.15) is 26.3 Å². The Bertz CT molecular complexity index is 1050. The van der Waals surface area contributed by atoms with Gasteiger partial charge in [0.1, 0.15) is 23.3 Å². The van der Waals surface area contributed by atoms with Crippen molar-refractivity contribution in [2.45, 2.75) is 33.2 Å². The summed E-state index contributed by atoms with van der Waals surface area (Å²) in [7, 11) is 1.60. The van der Waals surface area contributed by atoms with Crippen molar-refractivity contribution >= 4 is 34.7 Å². The maximum absolute atomic E-state index is 13.6. The van der Waals surface area contributed by atoms with E-state index in [1.807, 2.05) is 48.2 Å². The van der Waals surface area contributed by atoms with E-state index in [0.717, 1.165) is 30.9 Å².